The molecule has 0 fully saturated rings. The van der Waals surface area contributed by atoms with Gasteiger partial charge in [0.05, 0.1) is 6.54 Å². The third-order valence-electron chi connectivity index (χ3n) is 2.52. The van der Waals surface area contributed by atoms with E-state index in [1.165, 1.54) is 6.33 Å². The van der Waals surface area contributed by atoms with Gasteiger partial charge >= 0.3 is 0 Å². The lowest BCUT2D eigenvalue weighted by atomic mass is 10.3. The van der Waals surface area contributed by atoms with Crippen LogP contribution in [-0.4, -0.2) is 37.4 Å². The Hall–Kier alpha value is -2.25. The maximum atomic E-state index is 11.6. The monoisotopic (exact) mass is 264 g/mol. The van der Waals surface area contributed by atoms with Crippen LogP contribution >= 0.6 is 0 Å². The zero-order valence-corrected chi connectivity index (χ0v) is 10.7. The molecule has 102 valence electrons. The second kappa shape index (κ2) is 6.62. The van der Waals surface area contributed by atoms with Crippen molar-refractivity contribution in [3.63, 3.8) is 0 Å². The summed E-state index contributed by atoms with van der Waals surface area (Å²) in [4.78, 5) is 19.5. The van der Waals surface area contributed by atoms with Gasteiger partial charge in [0.25, 0.3) is 0 Å². The first-order chi connectivity index (χ1) is 9.28. The van der Waals surface area contributed by atoms with E-state index in [-0.39, 0.29) is 5.91 Å². The molecule has 0 radical (unpaired) electrons. The lowest BCUT2D eigenvalue weighted by Crippen LogP contribution is -2.26. The molecule has 2 aromatic heterocycles. The van der Waals surface area contributed by atoms with Crippen molar-refractivity contribution in [2.75, 3.05) is 6.54 Å². The average molecular weight is 264 g/mol. The Morgan fingerprint density at radius 1 is 1.53 bits per heavy atom. The minimum absolute atomic E-state index is 0.0364. The van der Waals surface area contributed by atoms with E-state index in [1.54, 1.807) is 11.0 Å². The largest absolute Gasteiger partial charge is 0.356 e. The van der Waals surface area contributed by atoms with Crippen molar-refractivity contribution in [1.29, 1.82) is 0 Å². The molecule has 0 aliphatic heterocycles. The summed E-state index contributed by atoms with van der Waals surface area (Å²) in [5.41, 5.74) is 0. The first-order valence-electron chi connectivity index (χ1n) is 6.18. The molecule has 8 heteroatoms. The van der Waals surface area contributed by atoms with Gasteiger partial charge in [-0.05, 0) is 0 Å². The van der Waals surface area contributed by atoms with Gasteiger partial charge in [-0.15, -0.1) is 0 Å². The zero-order chi connectivity index (χ0) is 13.5. The highest BCUT2D eigenvalue weighted by Gasteiger charge is 2.06. The summed E-state index contributed by atoms with van der Waals surface area (Å²) in [6, 6.07) is 0. The number of carbonyl (C=O) groups is 1. The number of hydrogen-bond acceptors (Lipinski definition) is 6. The van der Waals surface area contributed by atoms with Crippen LogP contribution in [0.1, 0.15) is 25.1 Å². The average Bonchev–Trinajstić information content (AvgIpc) is 3.07. The molecule has 2 heterocycles. The normalized spacial score (nSPS) is 10.6. The molecule has 2 aromatic rings. The summed E-state index contributed by atoms with van der Waals surface area (Å²) in [6.07, 6.45) is 4.68. The molecule has 0 saturated heterocycles. The minimum atomic E-state index is -0.0364. The highest BCUT2D eigenvalue weighted by atomic mass is 16.5. The maximum Gasteiger partial charge on any atom is 0.228 e. The second-order valence-electron chi connectivity index (χ2n) is 3.97. The van der Waals surface area contributed by atoms with E-state index >= 15 is 0 Å². The molecule has 0 saturated carbocycles. The summed E-state index contributed by atoms with van der Waals surface area (Å²) in [5, 5.41) is 10.5. The van der Waals surface area contributed by atoms with Gasteiger partial charge < -0.3 is 9.84 Å². The molecule has 19 heavy (non-hydrogen) atoms. The molecule has 0 atom stereocenters. The summed E-state index contributed by atoms with van der Waals surface area (Å²) in [5.74, 6) is 1.20. The SMILES string of the molecule is CCc1noc(CCNC(=O)CCn2cncn2)n1. The van der Waals surface area contributed by atoms with Crippen LogP contribution in [0.4, 0.5) is 0 Å². The van der Waals surface area contributed by atoms with Crippen molar-refractivity contribution in [2.45, 2.75) is 32.7 Å². The number of hydrogen-bond donors (Lipinski definition) is 1. The fraction of sp³-hybridized carbons (Fsp3) is 0.545. The van der Waals surface area contributed by atoms with E-state index in [9.17, 15) is 4.79 Å². The van der Waals surface area contributed by atoms with Gasteiger partial charge in [-0.3, -0.25) is 9.48 Å². The summed E-state index contributed by atoms with van der Waals surface area (Å²) in [7, 11) is 0. The smallest absolute Gasteiger partial charge is 0.228 e. The number of carbonyl (C=O) groups excluding carboxylic acids is 1. The van der Waals surface area contributed by atoms with Gasteiger partial charge in [0.15, 0.2) is 5.82 Å². The minimum Gasteiger partial charge on any atom is -0.356 e. The zero-order valence-electron chi connectivity index (χ0n) is 10.7. The van der Waals surface area contributed by atoms with E-state index in [1.807, 2.05) is 6.92 Å². The molecule has 0 aliphatic carbocycles. The maximum absolute atomic E-state index is 11.6. The Labute approximate surface area is 110 Å². The Morgan fingerprint density at radius 3 is 3.11 bits per heavy atom. The Kier molecular flexibility index (Phi) is 4.60. The number of nitrogens with one attached hydrogen (secondary N) is 1. The van der Waals surface area contributed by atoms with Crippen LogP contribution < -0.4 is 5.32 Å². The summed E-state index contributed by atoms with van der Waals surface area (Å²) in [6.45, 7) is 2.97. The number of aromatic nitrogens is 5. The molecule has 8 nitrogen and oxygen atoms in total. The van der Waals surface area contributed by atoms with Crippen molar-refractivity contribution in [3.8, 4) is 0 Å². The predicted octanol–water partition coefficient (Wildman–Crippen LogP) is -0.0275. The molecule has 0 spiro atoms. The number of aryl methyl sites for hydroxylation is 2. The third-order valence-corrected chi connectivity index (χ3v) is 2.52. The van der Waals surface area contributed by atoms with Gasteiger partial charge in [0, 0.05) is 25.8 Å². The van der Waals surface area contributed by atoms with E-state index < -0.39 is 0 Å². The number of rotatable bonds is 7. The standard InChI is InChI=1S/C11H16N6O2/c1-2-9-15-11(19-16-9)3-5-13-10(18)4-6-17-8-12-7-14-17/h7-8H,2-6H2,1H3,(H,13,18). The van der Waals surface area contributed by atoms with Crippen LogP contribution in [0.25, 0.3) is 0 Å². The van der Waals surface area contributed by atoms with E-state index in [0.717, 1.165) is 6.42 Å². The van der Waals surface area contributed by atoms with Crippen molar-refractivity contribution in [1.82, 2.24) is 30.2 Å². The van der Waals surface area contributed by atoms with Crippen LogP contribution in [0.5, 0.6) is 0 Å². The van der Waals surface area contributed by atoms with Gasteiger partial charge in [0.2, 0.25) is 11.8 Å². The molecule has 0 aliphatic rings. The van der Waals surface area contributed by atoms with Gasteiger partial charge in [-0.2, -0.15) is 10.1 Å². The van der Waals surface area contributed by atoms with Gasteiger partial charge in [-0.25, -0.2) is 4.98 Å². The predicted molar refractivity (Wildman–Crippen MR) is 65.0 cm³/mol. The highest BCUT2D eigenvalue weighted by Crippen LogP contribution is 1.98. The Bertz CT molecular complexity index is 507. The van der Waals surface area contributed by atoms with E-state index in [0.29, 0.717) is 37.6 Å². The third kappa shape index (κ3) is 4.16. The van der Waals surface area contributed by atoms with Crippen LogP contribution in [-0.2, 0) is 24.2 Å². The number of nitrogens with zero attached hydrogens (tertiary/aromatic N) is 5. The molecule has 2 rings (SSSR count). The van der Waals surface area contributed by atoms with Crippen molar-refractivity contribution in [2.24, 2.45) is 0 Å². The summed E-state index contributed by atoms with van der Waals surface area (Å²) < 4.78 is 6.64. The lowest BCUT2D eigenvalue weighted by Gasteiger charge is -2.03. The lowest BCUT2D eigenvalue weighted by molar-refractivity contribution is -0.121. The summed E-state index contributed by atoms with van der Waals surface area (Å²) >= 11 is 0. The van der Waals surface area contributed by atoms with Crippen molar-refractivity contribution < 1.29 is 9.32 Å². The van der Waals surface area contributed by atoms with Crippen LogP contribution in [0.2, 0.25) is 0 Å². The molecule has 1 N–H and O–H groups in total. The Balaban J connectivity index is 1.63. The molecule has 0 bridgehead atoms. The van der Waals surface area contributed by atoms with Crippen LogP contribution in [0.3, 0.4) is 0 Å². The molecular formula is C11H16N6O2. The van der Waals surface area contributed by atoms with Gasteiger partial charge in [-0.1, -0.05) is 12.1 Å². The van der Waals surface area contributed by atoms with E-state index in [4.69, 9.17) is 4.52 Å². The molecule has 1 amide bonds. The van der Waals surface area contributed by atoms with Crippen molar-refractivity contribution in [3.05, 3.63) is 24.4 Å². The highest BCUT2D eigenvalue weighted by molar-refractivity contribution is 5.75. The van der Waals surface area contributed by atoms with Crippen molar-refractivity contribution >= 4 is 5.91 Å². The Morgan fingerprint density at radius 2 is 2.42 bits per heavy atom. The fourth-order valence-corrected chi connectivity index (χ4v) is 1.50. The van der Waals surface area contributed by atoms with E-state index in [2.05, 4.69) is 25.5 Å². The molecule has 0 unspecified atom stereocenters. The van der Waals surface area contributed by atoms with Crippen LogP contribution in [0, 0.1) is 0 Å². The second-order valence-corrected chi connectivity index (χ2v) is 3.97. The molecule has 0 aromatic carbocycles. The first kappa shape index (κ1) is 13.2. The number of amides is 1. The van der Waals surface area contributed by atoms with Crippen LogP contribution in [0.15, 0.2) is 17.2 Å². The quantitative estimate of drug-likeness (QED) is 0.754. The fourth-order valence-electron chi connectivity index (χ4n) is 1.50. The first-order valence-corrected chi connectivity index (χ1v) is 6.18. The molecular weight excluding hydrogens is 248 g/mol. The van der Waals surface area contributed by atoms with Gasteiger partial charge in [0.1, 0.15) is 12.7 Å². The topological polar surface area (TPSA) is 98.7 Å².